The Morgan fingerprint density at radius 1 is 1.29 bits per heavy atom. The standard InChI is InChI=1S/C19H21ClN2O5S/c1-12-4-6-17-15(10-12)22(28(3,24)25)9-8-18(27-17)19(23)21-13-5-7-16(26-2)14(20)11-13/h4-7,10-11,18H,8-9H2,1-3H3,(H,21,23)/t18-/m1/s1. The normalized spacial score (nSPS) is 16.6. The fourth-order valence-corrected chi connectivity index (χ4v) is 4.18. The molecule has 3 rings (SSSR count). The van der Waals surface area contributed by atoms with E-state index in [0.29, 0.717) is 27.9 Å². The number of halogens is 1. The molecule has 0 unspecified atom stereocenters. The first-order valence-corrected chi connectivity index (χ1v) is 10.8. The zero-order valence-corrected chi connectivity index (χ0v) is 17.3. The van der Waals surface area contributed by atoms with Gasteiger partial charge in [0.25, 0.3) is 5.91 Å². The molecule has 0 aromatic heterocycles. The third kappa shape index (κ3) is 4.34. The fourth-order valence-electron chi connectivity index (χ4n) is 2.99. The molecule has 1 aliphatic heterocycles. The van der Waals surface area contributed by atoms with E-state index in [-0.39, 0.29) is 18.9 Å². The summed E-state index contributed by atoms with van der Waals surface area (Å²) in [6.07, 6.45) is 0.490. The van der Waals surface area contributed by atoms with Gasteiger partial charge >= 0.3 is 0 Å². The van der Waals surface area contributed by atoms with Crippen LogP contribution in [0.1, 0.15) is 12.0 Å². The third-order valence-corrected chi connectivity index (χ3v) is 5.83. The SMILES string of the molecule is COc1ccc(NC(=O)[C@H]2CCN(S(C)(=O)=O)c3cc(C)ccc3O2)cc1Cl. The van der Waals surface area contributed by atoms with Crippen LogP contribution in [0.5, 0.6) is 11.5 Å². The Morgan fingerprint density at radius 2 is 2.04 bits per heavy atom. The average Bonchev–Trinajstić information content (AvgIpc) is 2.81. The van der Waals surface area contributed by atoms with E-state index < -0.39 is 16.1 Å². The van der Waals surface area contributed by atoms with Crippen molar-refractivity contribution in [2.75, 3.05) is 29.5 Å². The molecule has 1 atom stereocenters. The summed E-state index contributed by atoms with van der Waals surface area (Å²) in [5, 5.41) is 3.12. The summed E-state index contributed by atoms with van der Waals surface area (Å²) in [4.78, 5) is 12.7. The van der Waals surface area contributed by atoms with Crippen molar-refractivity contribution >= 4 is 38.9 Å². The lowest BCUT2D eigenvalue weighted by molar-refractivity contribution is -0.122. The molecule has 0 spiro atoms. The summed E-state index contributed by atoms with van der Waals surface area (Å²) in [7, 11) is -2.00. The maximum atomic E-state index is 12.7. The lowest BCUT2D eigenvalue weighted by atomic mass is 10.2. The lowest BCUT2D eigenvalue weighted by Gasteiger charge is -2.21. The topological polar surface area (TPSA) is 84.9 Å². The molecule has 0 aliphatic carbocycles. The van der Waals surface area contributed by atoms with Gasteiger partial charge in [0, 0.05) is 18.7 Å². The highest BCUT2D eigenvalue weighted by molar-refractivity contribution is 7.92. The van der Waals surface area contributed by atoms with E-state index >= 15 is 0 Å². The smallest absolute Gasteiger partial charge is 0.265 e. The predicted octanol–water partition coefficient (Wildman–Crippen LogP) is 3.21. The van der Waals surface area contributed by atoms with Crippen molar-refractivity contribution in [1.29, 1.82) is 0 Å². The van der Waals surface area contributed by atoms with Crippen molar-refractivity contribution in [2.45, 2.75) is 19.4 Å². The number of nitrogens with one attached hydrogen (secondary N) is 1. The van der Waals surface area contributed by atoms with Gasteiger partial charge in [-0.15, -0.1) is 0 Å². The molecule has 150 valence electrons. The number of hydrogen-bond donors (Lipinski definition) is 1. The molecule has 0 radical (unpaired) electrons. The second-order valence-electron chi connectivity index (χ2n) is 6.54. The van der Waals surface area contributed by atoms with Gasteiger partial charge in [-0.25, -0.2) is 8.42 Å². The maximum Gasteiger partial charge on any atom is 0.265 e. The monoisotopic (exact) mass is 424 g/mol. The molecule has 0 fully saturated rings. The van der Waals surface area contributed by atoms with Crippen LogP contribution in [0.2, 0.25) is 5.02 Å². The maximum absolute atomic E-state index is 12.7. The van der Waals surface area contributed by atoms with E-state index in [4.69, 9.17) is 21.1 Å². The number of hydrogen-bond acceptors (Lipinski definition) is 5. The molecular formula is C19H21ClN2O5S. The Morgan fingerprint density at radius 3 is 2.68 bits per heavy atom. The van der Waals surface area contributed by atoms with Gasteiger partial charge in [0.1, 0.15) is 11.5 Å². The van der Waals surface area contributed by atoms with Crippen LogP contribution in [0.4, 0.5) is 11.4 Å². The van der Waals surface area contributed by atoms with E-state index in [1.54, 1.807) is 30.3 Å². The largest absolute Gasteiger partial charge is 0.495 e. The highest BCUT2D eigenvalue weighted by Gasteiger charge is 2.31. The van der Waals surface area contributed by atoms with Crippen molar-refractivity contribution in [1.82, 2.24) is 0 Å². The quantitative estimate of drug-likeness (QED) is 0.814. The van der Waals surface area contributed by atoms with Gasteiger partial charge in [-0.2, -0.15) is 0 Å². The second-order valence-corrected chi connectivity index (χ2v) is 8.85. The van der Waals surface area contributed by atoms with Crippen LogP contribution < -0.4 is 19.1 Å². The second kappa shape index (κ2) is 7.89. The Kier molecular flexibility index (Phi) is 5.71. The summed E-state index contributed by atoms with van der Waals surface area (Å²) >= 11 is 6.10. The number of methoxy groups -OCH3 is 1. The number of carbonyl (C=O) groups excluding carboxylic acids is 1. The predicted molar refractivity (Wildman–Crippen MR) is 109 cm³/mol. The zero-order chi connectivity index (χ0) is 20.5. The molecule has 0 saturated carbocycles. The summed E-state index contributed by atoms with van der Waals surface area (Å²) in [6, 6.07) is 10.1. The molecule has 2 aromatic rings. The fraction of sp³-hybridized carbons (Fsp3) is 0.316. The average molecular weight is 425 g/mol. The van der Waals surface area contributed by atoms with Crippen LogP contribution in [0.25, 0.3) is 0 Å². The Balaban J connectivity index is 1.85. The molecule has 2 aromatic carbocycles. The number of rotatable bonds is 4. The highest BCUT2D eigenvalue weighted by Crippen LogP contribution is 2.35. The Labute approximate surface area is 169 Å². The number of ether oxygens (including phenoxy) is 2. The molecule has 28 heavy (non-hydrogen) atoms. The van der Waals surface area contributed by atoms with E-state index in [1.165, 1.54) is 11.4 Å². The minimum absolute atomic E-state index is 0.136. The van der Waals surface area contributed by atoms with Crippen molar-refractivity contribution < 1.29 is 22.7 Å². The molecule has 0 saturated heterocycles. The van der Waals surface area contributed by atoms with Gasteiger partial charge < -0.3 is 14.8 Å². The van der Waals surface area contributed by atoms with E-state index in [9.17, 15) is 13.2 Å². The number of amides is 1. The van der Waals surface area contributed by atoms with Crippen LogP contribution in [0, 0.1) is 6.92 Å². The summed E-state index contributed by atoms with van der Waals surface area (Å²) < 4.78 is 36.7. The van der Waals surface area contributed by atoms with E-state index in [1.807, 2.05) is 13.0 Å². The number of sulfonamides is 1. The number of benzene rings is 2. The van der Waals surface area contributed by atoms with Crippen molar-refractivity contribution in [3.8, 4) is 11.5 Å². The van der Waals surface area contributed by atoms with Gasteiger partial charge in [-0.1, -0.05) is 17.7 Å². The zero-order valence-electron chi connectivity index (χ0n) is 15.7. The number of aryl methyl sites for hydroxylation is 1. The van der Waals surface area contributed by atoms with Crippen LogP contribution in [0.15, 0.2) is 36.4 Å². The molecule has 0 bridgehead atoms. The highest BCUT2D eigenvalue weighted by atomic mass is 35.5. The van der Waals surface area contributed by atoms with Crippen molar-refractivity contribution in [3.63, 3.8) is 0 Å². The van der Waals surface area contributed by atoms with Crippen molar-refractivity contribution in [2.24, 2.45) is 0 Å². The van der Waals surface area contributed by atoms with Gasteiger partial charge in [-0.05, 0) is 42.8 Å². The van der Waals surface area contributed by atoms with Crippen LogP contribution >= 0.6 is 11.6 Å². The Bertz CT molecular complexity index is 1010. The molecular weight excluding hydrogens is 404 g/mol. The minimum Gasteiger partial charge on any atom is -0.495 e. The summed E-state index contributed by atoms with van der Waals surface area (Å²) in [5.41, 5.74) is 1.82. The van der Waals surface area contributed by atoms with Gasteiger partial charge in [-0.3, -0.25) is 9.10 Å². The van der Waals surface area contributed by atoms with Gasteiger partial charge in [0.15, 0.2) is 6.10 Å². The first kappa shape index (κ1) is 20.3. The number of fused-ring (bicyclic) bond motifs is 1. The number of carbonyl (C=O) groups is 1. The molecule has 1 heterocycles. The lowest BCUT2D eigenvalue weighted by Crippen LogP contribution is -2.35. The first-order valence-electron chi connectivity index (χ1n) is 8.58. The van der Waals surface area contributed by atoms with Crippen molar-refractivity contribution in [3.05, 3.63) is 47.0 Å². The molecule has 1 N–H and O–H groups in total. The summed E-state index contributed by atoms with van der Waals surface area (Å²) in [6.45, 7) is 2.00. The van der Waals surface area contributed by atoms with Crippen LogP contribution in [0.3, 0.4) is 0 Å². The van der Waals surface area contributed by atoms with Gasteiger partial charge in [0.2, 0.25) is 10.0 Å². The van der Waals surface area contributed by atoms with Crippen LogP contribution in [-0.2, 0) is 14.8 Å². The number of nitrogens with zero attached hydrogens (tertiary/aromatic N) is 1. The van der Waals surface area contributed by atoms with Crippen LogP contribution in [-0.4, -0.2) is 40.3 Å². The number of anilines is 2. The molecule has 1 amide bonds. The van der Waals surface area contributed by atoms with E-state index in [0.717, 1.165) is 11.8 Å². The molecule has 1 aliphatic rings. The first-order chi connectivity index (χ1) is 13.2. The minimum atomic E-state index is -3.51. The Hall–Kier alpha value is -2.45. The molecule has 7 nitrogen and oxygen atoms in total. The third-order valence-electron chi connectivity index (χ3n) is 4.36. The summed E-state index contributed by atoms with van der Waals surface area (Å²) in [5.74, 6) is 0.461. The molecule has 9 heteroatoms. The van der Waals surface area contributed by atoms with Gasteiger partial charge in [0.05, 0.1) is 24.1 Å². The van der Waals surface area contributed by atoms with E-state index in [2.05, 4.69) is 5.32 Å².